The molecule has 1 fully saturated rings. The average Bonchev–Trinajstić information content (AvgIpc) is 3.35. The summed E-state index contributed by atoms with van der Waals surface area (Å²) in [5.41, 5.74) is 1.11. The predicted molar refractivity (Wildman–Crippen MR) is 105 cm³/mol. The number of nitrogens with one attached hydrogen (secondary N) is 1. The molecule has 8 heteroatoms. The van der Waals surface area contributed by atoms with E-state index < -0.39 is 0 Å². The maximum absolute atomic E-state index is 12.9. The molecule has 1 amide bonds. The van der Waals surface area contributed by atoms with Crippen LogP contribution in [-0.2, 0) is 0 Å². The summed E-state index contributed by atoms with van der Waals surface area (Å²) in [6, 6.07) is 9.66. The molecule has 0 unspecified atom stereocenters. The summed E-state index contributed by atoms with van der Waals surface area (Å²) in [6.45, 7) is 5.28. The maximum atomic E-state index is 12.9. The molecule has 0 bridgehead atoms. The highest BCUT2D eigenvalue weighted by atomic mass is 16.2. The van der Waals surface area contributed by atoms with Crippen LogP contribution in [0, 0.1) is 0 Å². The number of H-pyrrole nitrogens is 1. The standard InChI is InChI=1S/C20H24N6O2/c1-14(2)25-13-16(11-21-25)19(27)24-10-6-7-15(12-24)18-22-23-20(28)26(18)17-8-4-3-5-9-17/h3-5,8-9,11,13-15H,6-7,10,12H2,1-2H3,(H,23,28)/t15-/m0/s1. The van der Waals surface area contributed by atoms with E-state index in [9.17, 15) is 9.59 Å². The number of rotatable bonds is 4. The minimum absolute atomic E-state index is 0.00278. The van der Waals surface area contributed by atoms with Crippen LogP contribution < -0.4 is 5.69 Å². The van der Waals surface area contributed by atoms with Gasteiger partial charge in [0.05, 0.1) is 17.4 Å². The van der Waals surface area contributed by atoms with Crippen molar-refractivity contribution in [2.45, 2.75) is 38.6 Å². The number of hydrogen-bond donors (Lipinski definition) is 1. The van der Waals surface area contributed by atoms with Gasteiger partial charge < -0.3 is 4.90 Å². The number of aromatic amines is 1. The lowest BCUT2D eigenvalue weighted by Gasteiger charge is -2.32. The first kappa shape index (κ1) is 18.2. The van der Waals surface area contributed by atoms with Crippen LogP contribution in [0.2, 0.25) is 0 Å². The second kappa shape index (κ2) is 7.46. The molecule has 0 aliphatic carbocycles. The Labute approximate surface area is 162 Å². The van der Waals surface area contributed by atoms with Crippen LogP contribution >= 0.6 is 0 Å². The minimum Gasteiger partial charge on any atom is -0.338 e. The summed E-state index contributed by atoms with van der Waals surface area (Å²) in [5.74, 6) is 0.643. The van der Waals surface area contributed by atoms with Gasteiger partial charge in [0.2, 0.25) is 0 Å². The van der Waals surface area contributed by atoms with E-state index in [1.54, 1.807) is 21.6 Å². The quantitative estimate of drug-likeness (QED) is 0.752. The molecule has 0 spiro atoms. The van der Waals surface area contributed by atoms with Crippen LogP contribution in [0.3, 0.4) is 0 Å². The van der Waals surface area contributed by atoms with Gasteiger partial charge in [0.1, 0.15) is 5.82 Å². The van der Waals surface area contributed by atoms with Gasteiger partial charge in [-0.3, -0.25) is 9.48 Å². The molecule has 1 aromatic carbocycles. The lowest BCUT2D eigenvalue weighted by molar-refractivity contribution is 0.0703. The van der Waals surface area contributed by atoms with Gasteiger partial charge in [0, 0.05) is 31.2 Å². The maximum Gasteiger partial charge on any atom is 0.347 e. The summed E-state index contributed by atoms with van der Waals surface area (Å²) < 4.78 is 3.39. The molecule has 4 rings (SSSR count). The Kier molecular flexibility index (Phi) is 4.85. The molecule has 1 saturated heterocycles. The summed E-state index contributed by atoms with van der Waals surface area (Å²) >= 11 is 0. The first-order valence-corrected chi connectivity index (χ1v) is 9.60. The van der Waals surface area contributed by atoms with Gasteiger partial charge in [0.15, 0.2) is 0 Å². The highest BCUT2D eigenvalue weighted by Crippen LogP contribution is 2.27. The Morgan fingerprint density at radius 3 is 2.75 bits per heavy atom. The second-order valence-electron chi connectivity index (χ2n) is 7.45. The van der Waals surface area contributed by atoms with Gasteiger partial charge in [0.25, 0.3) is 5.91 Å². The van der Waals surface area contributed by atoms with Crippen molar-refractivity contribution in [3.63, 3.8) is 0 Å². The van der Waals surface area contributed by atoms with Gasteiger partial charge in [-0.2, -0.15) is 10.2 Å². The summed E-state index contributed by atoms with van der Waals surface area (Å²) in [4.78, 5) is 27.1. The Morgan fingerprint density at radius 2 is 2.04 bits per heavy atom. The van der Waals surface area contributed by atoms with E-state index in [4.69, 9.17) is 0 Å². The number of carbonyl (C=O) groups is 1. The van der Waals surface area contributed by atoms with Crippen LogP contribution in [-0.4, -0.2) is 48.4 Å². The molecular weight excluding hydrogens is 356 g/mol. The average molecular weight is 380 g/mol. The monoisotopic (exact) mass is 380 g/mol. The molecule has 1 atom stereocenters. The molecule has 146 valence electrons. The van der Waals surface area contributed by atoms with Crippen LogP contribution in [0.15, 0.2) is 47.5 Å². The molecule has 0 radical (unpaired) electrons. The zero-order valence-corrected chi connectivity index (χ0v) is 16.1. The van der Waals surface area contributed by atoms with Crippen molar-refractivity contribution in [3.05, 3.63) is 64.6 Å². The zero-order valence-electron chi connectivity index (χ0n) is 16.1. The van der Waals surface area contributed by atoms with Crippen LogP contribution in [0.5, 0.6) is 0 Å². The highest BCUT2D eigenvalue weighted by molar-refractivity contribution is 5.93. The SMILES string of the molecule is CC(C)n1cc(C(=O)N2CCC[C@H](c3n[nH]c(=O)n3-c3ccccc3)C2)cn1. The number of likely N-dealkylation sites (tertiary alicyclic amines) is 1. The first-order chi connectivity index (χ1) is 13.5. The predicted octanol–water partition coefficient (Wildman–Crippen LogP) is 2.36. The molecule has 1 N–H and O–H groups in total. The number of aromatic nitrogens is 5. The number of piperidine rings is 1. The van der Waals surface area contributed by atoms with E-state index in [0.717, 1.165) is 18.5 Å². The van der Waals surface area contributed by atoms with Crippen molar-refractivity contribution in [2.75, 3.05) is 13.1 Å². The lowest BCUT2D eigenvalue weighted by Crippen LogP contribution is -2.40. The van der Waals surface area contributed by atoms with Crippen LogP contribution in [0.4, 0.5) is 0 Å². The van der Waals surface area contributed by atoms with Crippen LogP contribution in [0.25, 0.3) is 5.69 Å². The largest absolute Gasteiger partial charge is 0.347 e. The number of para-hydroxylation sites is 1. The van der Waals surface area contributed by atoms with E-state index in [1.165, 1.54) is 0 Å². The van der Waals surface area contributed by atoms with Gasteiger partial charge in [-0.05, 0) is 38.8 Å². The Morgan fingerprint density at radius 1 is 1.25 bits per heavy atom. The fourth-order valence-corrected chi connectivity index (χ4v) is 3.70. The Bertz CT molecular complexity index is 1020. The van der Waals surface area contributed by atoms with Gasteiger partial charge in [-0.15, -0.1) is 0 Å². The molecule has 0 saturated carbocycles. The summed E-state index contributed by atoms with van der Waals surface area (Å²) in [5, 5.41) is 11.1. The third kappa shape index (κ3) is 3.37. The van der Waals surface area contributed by atoms with Crippen molar-refractivity contribution >= 4 is 5.91 Å². The fourth-order valence-electron chi connectivity index (χ4n) is 3.70. The summed E-state index contributed by atoms with van der Waals surface area (Å²) in [6.07, 6.45) is 5.17. The van der Waals surface area contributed by atoms with E-state index in [0.29, 0.717) is 24.5 Å². The Hall–Kier alpha value is -3.16. The number of amides is 1. The second-order valence-corrected chi connectivity index (χ2v) is 7.45. The molecule has 1 aliphatic heterocycles. The molecule has 3 heterocycles. The smallest absolute Gasteiger partial charge is 0.338 e. The minimum atomic E-state index is -0.261. The van der Waals surface area contributed by atoms with E-state index in [-0.39, 0.29) is 23.6 Å². The first-order valence-electron chi connectivity index (χ1n) is 9.60. The number of hydrogen-bond acceptors (Lipinski definition) is 4. The normalized spacial score (nSPS) is 17.2. The lowest BCUT2D eigenvalue weighted by atomic mass is 9.96. The fraction of sp³-hybridized carbons (Fsp3) is 0.400. The molecule has 1 aliphatic rings. The third-order valence-electron chi connectivity index (χ3n) is 5.16. The molecular formula is C20H24N6O2. The van der Waals surface area contributed by atoms with E-state index in [2.05, 4.69) is 15.3 Å². The molecule has 28 heavy (non-hydrogen) atoms. The highest BCUT2D eigenvalue weighted by Gasteiger charge is 2.30. The number of nitrogens with zero attached hydrogens (tertiary/aromatic N) is 5. The third-order valence-corrected chi connectivity index (χ3v) is 5.16. The topological polar surface area (TPSA) is 88.8 Å². The number of benzene rings is 1. The van der Waals surface area contributed by atoms with Crippen molar-refractivity contribution in [1.29, 1.82) is 0 Å². The molecule has 8 nitrogen and oxygen atoms in total. The van der Waals surface area contributed by atoms with Crippen molar-refractivity contribution in [3.8, 4) is 5.69 Å². The van der Waals surface area contributed by atoms with Gasteiger partial charge >= 0.3 is 5.69 Å². The van der Waals surface area contributed by atoms with Crippen molar-refractivity contribution in [2.24, 2.45) is 0 Å². The molecule has 3 aromatic rings. The van der Waals surface area contributed by atoms with Crippen molar-refractivity contribution < 1.29 is 4.79 Å². The Balaban J connectivity index is 1.58. The van der Waals surface area contributed by atoms with Gasteiger partial charge in [-0.25, -0.2) is 14.5 Å². The van der Waals surface area contributed by atoms with Gasteiger partial charge in [-0.1, -0.05) is 18.2 Å². The van der Waals surface area contributed by atoms with E-state index in [1.807, 2.05) is 49.1 Å². The number of carbonyl (C=O) groups excluding carboxylic acids is 1. The molecule has 2 aromatic heterocycles. The van der Waals surface area contributed by atoms with E-state index >= 15 is 0 Å². The van der Waals surface area contributed by atoms with Crippen molar-refractivity contribution in [1.82, 2.24) is 29.4 Å². The summed E-state index contributed by atoms with van der Waals surface area (Å²) in [7, 11) is 0. The zero-order chi connectivity index (χ0) is 19.7. The van der Waals surface area contributed by atoms with Crippen LogP contribution in [0.1, 0.15) is 54.8 Å².